The van der Waals surface area contributed by atoms with Gasteiger partial charge in [0.1, 0.15) is 5.01 Å². The van der Waals surface area contributed by atoms with Gasteiger partial charge >= 0.3 is 6.03 Å². The van der Waals surface area contributed by atoms with Gasteiger partial charge in [-0.15, -0.1) is 11.3 Å². The van der Waals surface area contributed by atoms with Crippen molar-refractivity contribution in [3.63, 3.8) is 0 Å². The first kappa shape index (κ1) is 17.4. The molecule has 0 bridgehead atoms. The highest BCUT2D eigenvalue weighted by atomic mass is 32.1. The van der Waals surface area contributed by atoms with E-state index in [1.54, 1.807) is 0 Å². The lowest BCUT2D eigenvalue weighted by Crippen LogP contribution is -2.50. The van der Waals surface area contributed by atoms with Crippen LogP contribution < -0.4 is 10.6 Å². The van der Waals surface area contributed by atoms with Crippen molar-refractivity contribution in [1.82, 2.24) is 15.6 Å². The zero-order valence-corrected chi connectivity index (χ0v) is 14.3. The van der Waals surface area contributed by atoms with Gasteiger partial charge in [-0.3, -0.25) is 0 Å². The van der Waals surface area contributed by atoms with Crippen LogP contribution in [0.25, 0.3) is 11.3 Å². The molecule has 0 saturated carbocycles. The van der Waals surface area contributed by atoms with Gasteiger partial charge in [0, 0.05) is 23.1 Å². The van der Waals surface area contributed by atoms with Crippen molar-refractivity contribution in [2.75, 3.05) is 6.61 Å². The first-order valence-corrected chi connectivity index (χ1v) is 8.61. The molecule has 2 amide bonds. The van der Waals surface area contributed by atoms with E-state index in [1.807, 2.05) is 49.6 Å². The number of benzene rings is 1. The summed E-state index contributed by atoms with van der Waals surface area (Å²) in [6.07, 6.45) is 1.29. The SMILES string of the molecule is CCC(C)(CCO)NC(=O)NCc1nc(-c2ccccc2)cs1. The second-order valence-electron chi connectivity index (χ2n) is 5.69. The molecule has 0 saturated heterocycles. The average Bonchev–Trinajstić information content (AvgIpc) is 3.03. The molecule has 0 aliphatic carbocycles. The first-order chi connectivity index (χ1) is 11.1. The number of thiazole rings is 1. The second-order valence-corrected chi connectivity index (χ2v) is 6.63. The van der Waals surface area contributed by atoms with Crippen molar-refractivity contribution >= 4 is 17.4 Å². The fourth-order valence-electron chi connectivity index (χ4n) is 2.18. The van der Waals surface area contributed by atoms with Crippen LogP contribution >= 0.6 is 11.3 Å². The zero-order chi connectivity index (χ0) is 16.7. The summed E-state index contributed by atoms with van der Waals surface area (Å²) in [5, 5.41) is 17.7. The molecular weight excluding hydrogens is 310 g/mol. The van der Waals surface area contributed by atoms with Crippen molar-refractivity contribution in [3.05, 3.63) is 40.7 Å². The predicted octanol–water partition coefficient (Wildman–Crippen LogP) is 3.16. The maximum atomic E-state index is 12.0. The van der Waals surface area contributed by atoms with Crippen molar-refractivity contribution in [1.29, 1.82) is 0 Å². The second kappa shape index (κ2) is 8.08. The van der Waals surface area contributed by atoms with Crippen molar-refractivity contribution in [2.45, 2.75) is 38.8 Å². The molecule has 2 rings (SSSR count). The predicted molar refractivity (Wildman–Crippen MR) is 93.3 cm³/mol. The van der Waals surface area contributed by atoms with Crippen molar-refractivity contribution in [2.24, 2.45) is 0 Å². The van der Waals surface area contributed by atoms with Crippen LogP contribution in [0.1, 0.15) is 31.7 Å². The number of amides is 2. The van der Waals surface area contributed by atoms with E-state index in [0.29, 0.717) is 13.0 Å². The number of rotatable bonds is 7. The minimum Gasteiger partial charge on any atom is -0.396 e. The van der Waals surface area contributed by atoms with Gasteiger partial charge in [0.05, 0.1) is 12.2 Å². The average molecular weight is 333 g/mol. The van der Waals surface area contributed by atoms with Crippen LogP contribution in [0.2, 0.25) is 0 Å². The Hall–Kier alpha value is -1.92. The molecule has 1 heterocycles. The van der Waals surface area contributed by atoms with Crippen LogP contribution in [0.15, 0.2) is 35.7 Å². The van der Waals surface area contributed by atoms with E-state index in [0.717, 1.165) is 22.7 Å². The zero-order valence-electron chi connectivity index (χ0n) is 13.5. The monoisotopic (exact) mass is 333 g/mol. The molecule has 0 aliphatic rings. The van der Waals surface area contributed by atoms with Crippen LogP contribution in [0.5, 0.6) is 0 Å². The van der Waals surface area contributed by atoms with E-state index in [2.05, 4.69) is 15.6 Å². The minimum atomic E-state index is -0.392. The van der Waals surface area contributed by atoms with Crippen LogP contribution in [-0.2, 0) is 6.54 Å². The third-order valence-electron chi connectivity index (χ3n) is 3.88. The van der Waals surface area contributed by atoms with E-state index >= 15 is 0 Å². The Kier molecular flexibility index (Phi) is 6.12. The van der Waals surface area contributed by atoms with Gasteiger partial charge in [0.15, 0.2) is 0 Å². The van der Waals surface area contributed by atoms with Gasteiger partial charge in [-0.25, -0.2) is 9.78 Å². The number of aliphatic hydroxyl groups is 1. The summed E-state index contributed by atoms with van der Waals surface area (Å²) in [5.41, 5.74) is 1.60. The van der Waals surface area contributed by atoms with Gasteiger partial charge in [0.2, 0.25) is 0 Å². The number of hydrogen-bond acceptors (Lipinski definition) is 4. The van der Waals surface area contributed by atoms with Crippen LogP contribution in [-0.4, -0.2) is 28.3 Å². The molecule has 3 N–H and O–H groups in total. The first-order valence-electron chi connectivity index (χ1n) is 7.73. The third-order valence-corrected chi connectivity index (χ3v) is 4.73. The number of urea groups is 1. The largest absolute Gasteiger partial charge is 0.396 e. The standard InChI is InChI=1S/C17H23N3O2S/c1-3-17(2,9-10-21)20-16(22)18-11-15-19-14(12-23-15)13-7-5-4-6-8-13/h4-8,12,21H,3,9-11H2,1-2H3,(H2,18,20,22). The van der Waals surface area contributed by atoms with E-state index in [9.17, 15) is 4.79 Å². The Labute approximate surface area is 140 Å². The molecule has 5 nitrogen and oxygen atoms in total. The third kappa shape index (κ3) is 5.04. The lowest BCUT2D eigenvalue weighted by Gasteiger charge is -2.28. The maximum Gasteiger partial charge on any atom is 0.315 e. The molecule has 23 heavy (non-hydrogen) atoms. The summed E-state index contributed by atoms with van der Waals surface area (Å²) in [7, 11) is 0. The van der Waals surface area contributed by atoms with Gasteiger partial charge in [0.25, 0.3) is 0 Å². The molecule has 2 aromatic rings. The summed E-state index contributed by atoms with van der Waals surface area (Å²) in [5.74, 6) is 0. The molecule has 1 atom stereocenters. The van der Waals surface area contributed by atoms with Gasteiger partial charge in [-0.2, -0.15) is 0 Å². The summed E-state index contributed by atoms with van der Waals surface area (Å²) in [6, 6.07) is 9.72. The Morgan fingerprint density at radius 3 is 2.74 bits per heavy atom. The molecule has 1 aromatic heterocycles. The fourth-order valence-corrected chi connectivity index (χ4v) is 2.93. The number of carbonyl (C=O) groups is 1. The topological polar surface area (TPSA) is 74.2 Å². The Bertz CT molecular complexity index is 630. The van der Waals surface area contributed by atoms with Gasteiger partial charge in [-0.1, -0.05) is 37.3 Å². The van der Waals surface area contributed by atoms with E-state index < -0.39 is 5.54 Å². The molecule has 1 unspecified atom stereocenters. The molecule has 0 radical (unpaired) electrons. The number of aromatic nitrogens is 1. The smallest absolute Gasteiger partial charge is 0.315 e. The van der Waals surface area contributed by atoms with E-state index in [1.165, 1.54) is 11.3 Å². The van der Waals surface area contributed by atoms with Gasteiger partial charge in [-0.05, 0) is 19.8 Å². The van der Waals surface area contributed by atoms with E-state index in [4.69, 9.17) is 5.11 Å². The highest BCUT2D eigenvalue weighted by Crippen LogP contribution is 2.21. The Morgan fingerprint density at radius 1 is 1.35 bits per heavy atom. The van der Waals surface area contributed by atoms with E-state index in [-0.39, 0.29) is 12.6 Å². The quantitative estimate of drug-likeness (QED) is 0.728. The van der Waals surface area contributed by atoms with Crippen LogP contribution in [0.4, 0.5) is 4.79 Å². The number of hydrogen-bond donors (Lipinski definition) is 3. The summed E-state index contributed by atoms with van der Waals surface area (Å²) in [4.78, 5) is 16.6. The lowest BCUT2D eigenvalue weighted by atomic mass is 9.95. The number of nitrogens with zero attached hydrogens (tertiary/aromatic N) is 1. The Morgan fingerprint density at radius 2 is 2.09 bits per heavy atom. The van der Waals surface area contributed by atoms with Crippen LogP contribution in [0, 0.1) is 0 Å². The van der Waals surface area contributed by atoms with Gasteiger partial charge < -0.3 is 15.7 Å². The molecule has 0 aliphatic heterocycles. The van der Waals surface area contributed by atoms with Crippen molar-refractivity contribution < 1.29 is 9.90 Å². The molecule has 0 fully saturated rings. The molecule has 1 aromatic carbocycles. The molecular formula is C17H23N3O2S. The fraction of sp³-hybridized carbons (Fsp3) is 0.412. The summed E-state index contributed by atoms with van der Waals surface area (Å²) < 4.78 is 0. The highest BCUT2D eigenvalue weighted by molar-refractivity contribution is 7.09. The molecule has 6 heteroatoms. The van der Waals surface area contributed by atoms with Crippen LogP contribution in [0.3, 0.4) is 0 Å². The number of carbonyl (C=O) groups excluding carboxylic acids is 1. The number of nitrogens with one attached hydrogen (secondary N) is 2. The minimum absolute atomic E-state index is 0.0531. The van der Waals surface area contributed by atoms with Crippen molar-refractivity contribution in [3.8, 4) is 11.3 Å². The number of aliphatic hydroxyl groups excluding tert-OH is 1. The lowest BCUT2D eigenvalue weighted by molar-refractivity contribution is 0.200. The maximum absolute atomic E-state index is 12.0. The summed E-state index contributed by atoms with van der Waals surface area (Å²) >= 11 is 1.53. The molecule has 124 valence electrons. The Balaban J connectivity index is 1.89. The molecule has 0 spiro atoms. The normalized spacial score (nSPS) is 13.3. The summed E-state index contributed by atoms with van der Waals surface area (Å²) in [6.45, 7) is 4.36. The highest BCUT2D eigenvalue weighted by Gasteiger charge is 2.23.